The summed E-state index contributed by atoms with van der Waals surface area (Å²) in [6, 6.07) is 9.91. The van der Waals surface area contributed by atoms with Gasteiger partial charge in [-0.3, -0.25) is 0 Å². The number of para-hydroxylation sites is 1. The van der Waals surface area contributed by atoms with Crippen molar-refractivity contribution in [1.29, 1.82) is 0 Å². The second-order valence-corrected chi connectivity index (χ2v) is 4.63. The molecular weight excluding hydrogens is 230 g/mol. The highest BCUT2D eigenvalue weighted by Gasteiger charge is 1.92. The Morgan fingerprint density at radius 1 is 1.24 bits per heavy atom. The summed E-state index contributed by atoms with van der Waals surface area (Å²) >= 11 is 1.78. The van der Waals surface area contributed by atoms with E-state index in [1.165, 1.54) is 0 Å². The molecule has 3 heteroatoms. The lowest BCUT2D eigenvalue weighted by molar-refractivity contribution is 0.309. The molecule has 0 heterocycles. The molecule has 92 valence electrons. The molecule has 0 saturated carbocycles. The molecule has 1 N–H and O–H groups in total. The van der Waals surface area contributed by atoms with Gasteiger partial charge >= 0.3 is 0 Å². The molecule has 0 bridgehead atoms. The molecule has 1 aromatic rings. The Bertz CT molecular complexity index is 321. The third-order valence-corrected chi connectivity index (χ3v) is 2.98. The highest BCUT2D eigenvalue weighted by atomic mass is 32.2. The van der Waals surface area contributed by atoms with E-state index in [4.69, 9.17) is 11.2 Å². The number of hydrogen-bond acceptors (Lipinski definition) is 3. The smallest absolute Gasteiger partial charge is 0.119 e. The van der Waals surface area contributed by atoms with Gasteiger partial charge < -0.3 is 10.1 Å². The van der Waals surface area contributed by atoms with Crippen LogP contribution >= 0.6 is 11.8 Å². The number of terminal acetylenes is 1. The normalized spacial score (nSPS) is 9.82. The second-order valence-electron chi connectivity index (χ2n) is 3.52. The molecule has 0 saturated heterocycles. The minimum atomic E-state index is 0.758. The average Bonchev–Trinajstić information content (AvgIpc) is 2.38. The summed E-state index contributed by atoms with van der Waals surface area (Å²) in [5.74, 6) is 5.43. The number of nitrogens with one attached hydrogen (secondary N) is 1. The maximum Gasteiger partial charge on any atom is 0.119 e. The van der Waals surface area contributed by atoms with Gasteiger partial charge in [-0.1, -0.05) is 24.1 Å². The molecule has 0 aliphatic rings. The van der Waals surface area contributed by atoms with Gasteiger partial charge in [0.1, 0.15) is 5.75 Å². The molecular formula is C14H19NOS. The van der Waals surface area contributed by atoms with Crippen LogP contribution in [0.15, 0.2) is 30.3 Å². The molecule has 0 atom stereocenters. The summed E-state index contributed by atoms with van der Waals surface area (Å²) in [4.78, 5) is 0. The fraction of sp³-hybridized carbons (Fsp3) is 0.429. The summed E-state index contributed by atoms with van der Waals surface area (Å²) in [5, 5.41) is 3.36. The van der Waals surface area contributed by atoms with Crippen molar-refractivity contribution in [3.63, 3.8) is 0 Å². The molecule has 0 fully saturated rings. The first-order valence-electron chi connectivity index (χ1n) is 5.83. The molecule has 2 nitrogen and oxygen atoms in total. The van der Waals surface area contributed by atoms with E-state index in [1.807, 2.05) is 30.3 Å². The van der Waals surface area contributed by atoms with Crippen molar-refractivity contribution in [3.8, 4) is 18.1 Å². The van der Waals surface area contributed by atoms with Crippen LogP contribution in [-0.4, -0.2) is 31.2 Å². The van der Waals surface area contributed by atoms with Gasteiger partial charge in [0.15, 0.2) is 0 Å². The predicted molar refractivity (Wildman–Crippen MR) is 75.6 cm³/mol. The maximum absolute atomic E-state index is 5.58. The molecule has 0 radical (unpaired) electrons. The number of ether oxygens (including phenoxy) is 1. The minimum Gasteiger partial charge on any atom is -0.494 e. The molecule has 0 unspecified atom stereocenters. The Morgan fingerprint density at radius 3 is 2.82 bits per heavy atom. The van der Waals surface area contributed by atoms with E-state index < -0.39 is 0 Å². The van der Waals surface area contributed by atoms with Gasteiger partial charge in [-0.2, -0.15) is 0 Å². The lowest BCUT2D eigenvalue weighted by Gasteiger charge is -2.06. The first-order valence-corrected chi connectivity index (χ1v) is 6.98. The first kappa shape index (κ1) is 14.0. The first-order chi connectivity index (χ1) is 8.43. The fourth-order valence-corrected chi connectivity index (χ4v) is 1.86. The summed E-state index contributed by atoms with van der Waals surface area (Å²) in [5.41, 5.74) is 0. The monoisotopic (exact) mass is 249 g/mol. The zero-order valence-electron chi connectivity index (χ0n) is 10.0. The van der Waals surface area contributed by atoms with E-state index in [1.54, 1.807) is 11.8 Å². The lowest BCUT2D eigenvalue weighted by Crippen LogP contribution is -2.20. The van der Waals surface area contributed by atoms with Crippen molar-refractivity contribution in [1.82, 2.24) is 5.32 Å². The van der Waals surface area contributed by atoms with E-state index in [0.717, 1.165) is 43.4 Å². The quantitative estimate of drug-likeness (QED) is 0.536. The summed E-state index contributed by atoms with van der Waals surface area (Å²) in [7, 11) is 0. The molecule has 0 spiro atoms. The van der Waals surface area contributed by atoms with Gasteiger partial charge in [0.05, 0.1) is 12.4 Å². The standard InChI is InChI=1S/C14H19NOS/c1-2-12-17-13-10-15-9-6-11-16-14-7-4-3-5-8-14/h1,3-5,7-8,15H,6,9-13H2. The summed E-state index contributed by atoms with van der Waals surface area (Å²) < 4.78 is 5.58. The zero-order valence-corrected chi connectivity index (χ0v) is 10.8. The van der Waals surface area contributed by atoms with E-state index in [2.05, 4.69) is 11.2 Å². The second kappa shape index (κ2) is 10.1. The zero-order chi connectivity index (χ0) is 12.2. The molecule has 1 rings (SSSR count). The molecule has 0 aromatic heterocycles. The Labute approximate surface area is 108 Å². The van der Waals surface area contributed by atoms with Crippen LogP contribution in [0.25, 0.3) is 0 Å². The molecule has 0 aliphatic carbocycles. The number of benzene rings is 1. The SMILES string of the molecule is C#CCSCCNCCCOc1ccccc1. The van der Waals surface area contributed by atoms with Crippen molar-refractivity contribution >= 4 is 11.8 Å². The largest absolute Gasteiger partial charge is 0.494 e. The van der Waals surface area contributed by atoms with E-state index in [9.17, 15) is 0 Å². The lowest BCUT2D eigenvalue weighted by atomic mass is 10.3. The number of rotatable bonds is 9. The van der Waals surface area contributed by atoms with Gasteiger partial charge in [-0.25, -0.2) is 0 Å². The van der Waals surface area contributed by atoms with Gasteiger partial charge in [0, 0.05) is 12.3 Å². The third-order valence-electron chi connectivity index (χ3n) is 2.12. The molecule has 0 amide bonds. The minimum absolute atomic E-state index is 0.758. The van der Waals surface area contributed by atoms with Crippen LogP contribution in [0.3, 0.4) is 0 Å². The van der Waals surface area contributed by atoms with Crippen LogP contribution in [0.4, 0.5) is 0 Å². The van der Waals surface area contributed by atoms with E-state index >= 15 is 0 Å². The van der Waals surface area contributed by atoms with Crippen LogP contribution in [-0.2, 0) is 0 Å². The van der Waals surface area contributed by atoms with Crippen LogP contribution in [0, 0.1) is 12.3 Å². The van der Waals surface area contributed by atoms with Gasteiger partial charge in [-0.15, -0.1) is 18.2 Å². The molecule has 0 aliphatic heterocycles. The Balaban J connectivity index is 1.87. The van der Waals surface area contributed by atoms with E-state index in [-0.39, 0.29) is 0 Å². The Kier molecular flexibility index (Phi) is 8.27. The Morgan fingerprint density at radius 2 is 2.06 bits per heavy atom. The summed E-state index contributed by atoms with van der Waals surface area (Å²) in [6.45, 7) is 2.76. The maximum atomic E-state index is 5.58. The van der Waals surface area contributed by atoms with Gasteiger partial charge in [0.2, 0.25) is 0 Å². The number of thioether (sulfide) groups is 1. The fourth-order valence-electron chi connectivity index (χ4n) is 1.30. The topological polar surface area (TPSA) is 21.3 Å². The molecule has 17 heavy (non-hydrogen) atoms. The van der Waals surface area contributed by atoms with Crippen molar-refractivity contribution < 1.29 is 4.74 Å². The highest BCUT2D eigenvalue weighted by molar-refractivity contribution is 7.99. The van der Waals surface area contributed by atoms with Crippen molar-refractivity contribution in [2.45, 2.75) is 6.42 Å². The van der Waals surface area contributed by atoms with Crippen LogP contribution in [0.1, 0.15) is 6.42 Å². The van der Waals surface area contributed by atoms with Gasteiger partial charge in [0.25, 0.3) is 0 Å². The average molecular weight is 249 g/mol. The van der Waals surface area contributed by atoms with Crippen molar-refractivity contribution in [3.05, 3.63) is 30.3 Å². The van der Waals surface area contributed by atoms with Crippen LogP contribution in [0.2, 0.25) is 0 Å². The Hall–Kier alpha value is -1.11. The van der Waals surface area contributed by atoms with Gasteiger partial charge in [-0.05, 0) is 25.1 Å². The van der Waals surface area contributed by atoms with Crippen LogP contribution < -0.4 is 10.1 Å². The highest BCUT2D eigenvalue weighted by Crippen LogP contribution is 2.07. The van der Waals surface area contributed by atoms with Crippen LogP contribution in [0.5, 0.6) is 5.75 Å². The predicted octanol–water partition coefficient (Wildman–Crippen LogP) is 2.41. The number of hydrogen-bond donors (Lipinski definition) is 1. The van der Waals surface area contributed by atoms with E-state index in [0.29, 0.717) is 0 Å². The third kappa shape index (κ3) is 7.73. The van der Waals surface area contributed by atoms with Crippen molar-refractivity contribution in [2.24, 2.45) is 0 Å². The summed E-state index contributed by atoms with van der Waals surface area (Å²) in [6.07, 6.45) is 6.18. The van der Waals surface area contributed by atoms with Crippen molar-refractivity contribution in [2.75, 3.05) is 31.2 Å². The molecule has 1 aromatic carbocycles.